The number of nitrogens with zero attached hydrogens (tertiary/aromatic N) is 1. The quantitative estimate of drug-likeness (QED) is 0.850. The second-order valence-corrected chi connectivity index (χ2v) is 5.69. The highest BCUT2D eigenvalue weighted by molar-refractivity contribution is 5.58. The van der Waals surface area contributed by atoms with Gasteiger partial charge in [0.25, 0.3) is 0 Å². The number of ether oxygens (including phenoxy) is 2. The van der Waals surface area contributed by atoms with E-state index in [1.807, 2.05) is 38.4 Å². The number of fused-ring (bicyclic) bond motifs is 2. The van der Waals surface area contributed by atoms with E-state index in [1.54, 1.807) is 0 Å². The van der Waals surface area contributed by atoms with Crippen LogP contribution >= 0.6 is 0 Å². The third kappa shape index (κ3) is 2.74. The number of para-hydroxylation sites is 2. The Kier molecular flexibility index (Phi) is 3.84. The van der Waals surface area contributed by atoms with Gasteiger partial charge >= 0.3 is 0 Å². The van der Waals surface area contributed by atoms with Crippen LogP contribution in [-0.4, -0.2) is 32.1 Å². The molecule has 1 heterocycles. The van der Waals surface area contributed by atoms with Gasteiger partial charge in [-0.15, -0.1) is 0 Å². The Hall–Kier alpha value is -2.00. The van der Waals surface area contributed by atoms with E-state index in [4.69, 9.17) is 9.47 Å². The molecule has 0 saturated heterocycles. The molecule has 0 fully saturated rings. The Morgan fingerprint density at radius 2 is 1.81 bits per heavy atom. The van der Waals surface area contributed by atoms with Gasteiger partial charge in [0, 0.05) is 23.6 Å². The smallest absolute Gasteiger partial charge is 0.173 e. The zero-order valence-corrected chi connectivity index (χ0v) is 12.8. The predicted molar refractivity (Wildman–Crippen MR) is 84.5 cm³/mol. The molecule has 3 nitrogen and oxygen atoms in total. The highest BCUT2D eigenvalue weighted by Crippen LogP contribution is 2.47. The molecule has 0 bridgehead atoms. The zero-order valence-electron chi connectivity index (χ0n) is 12.8. The molecule has 1 aliphatic rings. The summed E-state index contributed by atoms with van der Waals surface area (Å²) in [6.07, 6.45) is 0. The van der Waals surface area contributed by atoms with Crippen LogP contribution in [-0.2, 0) is 0 Å². The molecular formula is C18H21NO2. The van der Waals surface area contributed by atoms with Crippen molar-refractivity contribution in [2.45, 2.75) is 12.8 Å². The average molecular weight is 283 g/mol. The Morgan fingerprint density at radius 1 is 1.05 bits per heavy atom. The molecule has 1 aliphatic heterocycles. The van der Waals surface area contributed by atoms with Crippen molar-refractivity contribution >= 4 is 0 Å². The van der Waals surface area contributed by atoms with Crippen molar-refractivity contribution in [1.29, 1.82) is 0 Å². The molecule has 0 radical (unpaired) electrons. The summed E-state index contributed by atoms with van der Waals surface area (Å²) in [4.78, 5) is 2.11. The van der Waals surface area contributed by atoms with Gasteiger partial charge in [-0.2, -0.15) is 0 Å². The highest BCUT2D eigenvalue weighted by atomic mass is 16.5. The van der Waals surface area contributed by atoms with Crippen molar-refractivity contribution < 1.29 is 9.47 Å². The lowest BCUT2D eigenvalue weighted by molar-refractivity contribution is 0.252. The topological polar surface area (TPSA) is 21.7 Å². The van der Waals surface area contributed by atoms with E-state index < -0.39 is 0 Å². The fourth-order valence-corrected chi connectivity index (χ4v) is 2.64. The molecule has 1 unspecified atom stereocenters. The van der Waals surface area contributed by atoms with Gasteiger partial charge in [-0.25, -0.2) is 0 Å². The molecule has 0 aliphatic carbocycles. The lowest BCUT2D eigenvalue weighted by Gasteiger charge is -2.27. The summed E-state index contributed by atoms with van der Waals surface area (Å²) in [5.74, 6) is 2.95. The van der Waals surface area contributed by atoms with Gasteiger partial charge in [0.15, 0.2) is 11.5 Å². The van der Waals surface area contributed by atoms with Crippen molar-refractivity contribution in [2.24, 2.45) is 0 Å². The number of hydrogen-bond donors (Lipinski definition) is 0. The minimum atomic E-state index is 0.322. The van der Waals surface area contributed by atoms with Crippen LogP contribution in [0.3, 0.4) is 0 Å². The van der Waals surface area contributed by atoms with Crippen LogP contribution in [0.25, 0.3) is 0 Å². The summed E-state index contributed by atoms with van der Waals surface area (Å²) in [7, 11) is 4.08. The third-order valence-electron chi connectivity index (χ3n) is 3.87. The van der Waals surface area contributed by atoms with Gasteiger partial charge in [-0.3, -0.25) is 0 Å². The Labute approximate surface area is 126 Å². The molecule has 0 amide bonds. The molecule has 1 atom stereocenters. The maximum atomic E-state index is 6.10. The SMILES string of the molecule is CC1c2ccccc2Oc2c(OCCN(C)C)cccc21. The summed E-state index contributed by atoms with van der Waals surface area (Å²) < 4.78 is 12.0. The van der Waals surface area contributed by atoms with E-state index in [-0.39, 0.29) is 0 Å². The molecule has 0 spiro atoms. The normalized spacial score (nSPS) is 16.1. The molecule has 0 aromatic heterocycles. The van der Waals surface area contributed by atoms with Crippen LogP contribution in [0, 0.1) is 0 Å². The van der Waals surface area contributed by atoms with Crippen LogP contribution in [0.2, 0.25) is 0 Å². The van der Waals surface area contributed by atoms with E-state index in [0.29, 0.717) is 12.5 Å². The lowest BCUT2D eigenvalue weighted by Crippen LogP contribution is -2.20. The van der Waals surface area contributed by atoms with Crippen LogP contribution in [0.15, 0.2) is 42.5 Å². The van der Waals surface area contributed by atoms with Crippen molar-refractivity contribution in [3.8, 4) is 17.2 Å². The predicted octanol–water partition coefficient (Wildman–Crippen LogP) is 3.88. The Bertz CT molecular complexity index is 637. The summed E-state index contributed by atoms with van der Waals surface area (Å²) in [5, 5.41) is 0. The molecule has 3 heteroatoms. The monoisotopic (exact) mass is 283 g/mol. The van der Waals surface area contributed by atoms with Gasteiger partial charge in [0.2, 0.25) is 0 Å². The minimum absolute atomic E-state index is 0.322. The summed E-state index contributed by atoms with van der Waals surface area (Å²) >= 11 is 0. The highest BCUT2D eigenvalue weighted by Gasteiger charge is 2.26. The van der Waals surface area contributed by atoms with E-state index in [9.17, 15) is 0 Å². The number of benzene rings is 2. The van der Waals surface area contributed by atoms with Gasteiger partial charge in [0.1, 0.15) is 12.4 Å². The molecule has 2 aromatic rings. The molecule has 110 valence electrons. The van der Waals surface area contributed by atoms with E-state index in [1.165, 1.54) is 11.1 Å². The van der Waals surface area contributed by atoms with Crippen LogP contribution < -0.4 is 9.47 Å². The second kappa shape index (κ2) is 5.78. The van der Waals surface area contributed by atoms with Crippen LogP contribution in [0.5, 0.6) is 17.2 Å². The molecular weight excluding hydrogens is 262 g/mol. The minimum Gasteiger partial charge on any atom is -0.488 e. The first-order chi connectivity index (χ1) is 10.2. The molecule has 21 heavy (non-hydrogen) atoms. The first-order valence-electron chi connectivity index (χ1n) is 7.34. The first kappa shape index (κ1) is 14.0. The number of likely N-dealkylation sites (N-methyl/N-ethyl adjacent to an activating group) is 1. The van der Waals surface area contributed by atoms with Gasteiger partial charge in [-0.1, -0.05) is 37.3 Å². The van der Waals surface area contributed by atoms with Crippen molar-refractivity contribution in [3.05, 3.63) is 53.6 Å². The van der Waals surface area contributed by atoms with Crippen molar-refractivity contribution in [1.82, 2.24) is 4.90 Å². The van der Waals surface area contributed by atoms with Crippen molar-refractivity contribution in [2.75, 3.05) is 27.2 Å². The molecule has 3 rings (SSSR count). The Balaban J connectivity index is 1.90. The molecule has 2 aromatic carbocycles. The van der Waals surface area contributed by atoms with E-state index in [0.717, 1.165) is 23.8 Å². The maximum absolute atomic E-state index is 6.10. The second-order valence-electron chi connectivity index (χ2n) is 5.69. The van der Waals surface area contributed by atoms with Crippen LogP contribution in [0.1, 0.15) is 24.0 Å². The van der Waals surface area contributed by atoms with Gasteiger partial charge in [0.05, 0.1) is 0 Å². The number of hydrogen-bond acceptors (Lipinski definition) is 3. The first-order valence-corrected chi connectivity index (χ1v) is 7.34. The number of rotatable bonds is 4. The largest absolute Gasteiger partial charge is 0.488 e. The standard InChI is InChI=1S/C18H21NO2/c1-13-14-7-4-5-9-16(14)21-18-15(13)8-6-10-17(18)20-12-11-19(2)3/h4-10,13H,11-12H2,1-3H3. The third-order valence-corrected chi connectivity index (χ3v) is 3.87. The van der Waals surface area contributed by atoms with Gasteiger partial charge in [-0.05, 0) is 26.2 Å². The average Bonchev–Trinajstić information content (AvgIpc) is 2.48. The van der Waals surface area contributed by atoms with E-state index >= 15 is 0 Å². The lowest BCUT2D eigenvalue weighted by atomic mass is 9.89. The molecule has 0 saturated carbocycles. The molecule has 0 N–H and O–H groups in total. The fraction of sp³-hybridized carbons (Fsp3) is 0.333. The zero-order chi connectivity index (χ0) is 14.8. The maximum Gasteiger partial charge on any atom is 0.173 e. The van der Waals surface area contributed by atoms with Crippen LogP contribution in [0.4, 0.5) is 0 Å². The van der Waals surface area contributed by atoms with Gasteiger partial charge < -0.3 is 14.4 Å². The van der Waals surface area contributed by atoms with E-state index in [2.05, 4.69) is 30.0 Å². The summed E-state index contributed by atoms with van der Waals surface area (Å²) in [6.45, 7) is 3.75. The summed E-state index contributed by atoms with van der Waals surface area (Å²) in [5.41, 5.74) is 2.42. The fourth-order valence-electron chi connectivity index (χ4n) is 2.64. The summed E-state index contributed by atoms with van der Waals surface area (Å²) in [6, 6.07) is 14.3. The Morgan fingerprint density at radius 3 is 2.62 bits per heavy atom. The van der Waals surface area contributed by atoms with Crippen molar-refractivity contribution in [3.63, 3.8) is 0 Å².